The Morgan fingerprint density at radius 1 is 1.29 bits per heavy atom. The molecule has 1 heterocycles. The van der Waals surface area contributed by atoms with E-state index >= 15 is 0 Å². The molecule has 1 N–H and O–H groups in total. The fourth-order valence-corrected chi connectivity index (χ4v) is 1.92. The number of rotatable bonds is 4. The maximum atomic E-state index is 12.9. The van der Waals surface area contributed by atoms with E-state index < -0.39 is 0 Å². The third-order valence-corrected chi connectivity index (χ3v) is 2.77. The zero-order chi connectivity index (χ0) is 12.3. The minimum absolute atomic E-state index is 0.0492. The number of hydrogen-bond donors (Lipinski definition) is 1. The third kappa shape index (κ3) is 2.53. The number of nitrogens with zero attached hydrogens (tertiary/aromatic N) is 2. The van der Waals surface area contributed by atoms with Crippen molar-refractivity contribution in [3.63, 3.8) is 0 Å². The standard InChI is InChI=1S/C13H16FN3/c1-3-15-13(12-8-9-16-17(12)2)10-4-6-11(14)7-5-10/h4-9,13,15H,3H2,1-2H3. The fourth-order valence-electron chi connectivity index (χ4n) is 1.92. The molecule has 0 spiro atoms. The minimum atomic E-state index is -0.214. The largest absolute Gasteiger partial charge is 0.305 e. The van der Waals surface area contributed by atoms with Crippen molar-refractivity contribution in [1.29, 1.82) is 0 Å². The van der Waals surface area contributed by atoms with Gasteiger partial charge in [-0.15, -0.1) is 0 Å². The maximum Gasteiger partial charge on any atom is 0.123 e. The highest BCUT2D eigenvalue weighted by Crippen LogP contribution is 2.21. The molecule has 1 aromatic carbocycles. The molecule has 0 saturated heterocycles. The van der Waals surface area contributed by atoms with Gasteiger partial charge in [-0.3, -0.25) is 4.68 Å². The third-order valence-electron chi connectivity index (χ3n) is 2.77. The van der Waals surface area contributed by atoms with E-state index in [0.29, 0.717) is 0 Å². The van der Waals surface area contributed by atoms with E-state index in [1.165, 1.54) is 12.1 Å². The van der Waals surface area contributed by atoms with Gasteiger partial charge in [-0.1, -0.05) is 19.1 Å². The van der Waals surface area contributed by atoms with Crippen LogP contribution in [0.1, 0.15) is 24.2 Å². The SMILES string of the molecule is CCNC(c1ccc(F)cc1)c1ccnn1C. The van der Waals surface area contributed by atoms with E-state index in [9.17, 15) is 4.39 Å². The van der Waals surface area contributed by atoms with Crippen molar-refractivity contribution >= 4 is 0 Å². The Balaban J connectivity index is 2.35. The topological polar surface area (TPSA) is 29.9 Å². The van der Waals surface area contributed by atoms with E-state index in [1.54, 1.807) is 18.3 Å². The van der Waals surface area contributed by atoms with E-state index in [0.717, 1.165) is 17.8 Å². The van der Waals surface area contributed by atoms with Crippen LogP contribution in [-0.2, 0) is 7.05 Å². The summed E-state index contributed by atoms with van der Waals surface area (Å²) in [4.78, 5) is 0. The Morgan fingerprint density at radius 3 is 2.53 bits per heavy atom. The van der Waals surface area contributed by atoms with Crippen LogP contribution in [0.15, 0.2) is 36.5 Å². The van der Waals surface area contributed by atoms with Crippen LogP contribution in [0, 0.1) is 5.82 Å². The predicted octanol–water partition coefficient (Wildman–Crippen LogP) is 2.26. The first-order valence-corrected chi connectivity index (χ1v) is 5.69. The van der Waals surface area contributed by atoms with Crippen molar-refractivity contribution in [2.24, 2.45) is 7.05 Å². The van der Waals surface area contributed by atoms with Crippen molar-refractivity contribution < 1.29 is 4.39 Å². The van der Waals surface area contributed by atoms with Crippen molar-refractivity contribution in [3.05, 3.63) is 53.6 Å². The normalized spacial score (nSPS) is 12.6. The zero-order valence-electron chi connectivity index (χ0n) is 10.0. The molecule has 17 heavy (non-hydrogen) atoms. The van der Waals surface area contributed by atoms with Crippen LogP contribution in [-0.4, -0.2) is 16.3 Å². The number of aromatic nitrogens is 2. The van der Waals surface area contributed by atoms with E-state index in [1.807, 2.05) is 24.7 Å². The summed E-state index contributed by atoms with van der Waals surface area (Å²) in [5.74, 6) is -0.214. The van der Waals surface area contributed by atoms with Gasteiger partial charge in [0.2, 0.25) is 0 Å². The van der Waals surface area contributed by atoms with Crippen LogP contribution in [0.25, 0.3) is 0 Å². The minimum Gasteiger partial charge on any atom is -0.305 e. The molecule has 0 aliphatic heterocycles. The summed E-state index contributed by atoms with van der Waals surface area (Å²) >= 11 is 0. The van der Waals surface area contributed by atoms with Crippen molar-refractivity contribution in [3.8, 4) is 0 Å². The molecule has 0 aliphatic rings. The lowest BCUT2D eigenvalue weighted by Crippen LogP contribution is -2.24. The summed E-state index contributed by atoms with van der Waals surface area (Å²) in [6.45, 7) is 2.89. The Bertz CT molecular complexity index is 476. The molecule has 90 valence electrons. The molecule has 2 rings (SSSR count). The van der Waals surface area contributed by atoms with Crippen LogP contribution >= 0.6 is 0 Å². The average Bonchev–Trinajstić information content (AvgIpc) is 2.74. The molecule has 1 atom stereocenters. The molecule has 0 fully saturated rings. The first-order valence-electron chi connectivity index (χ1n) is 5.69. The van der Waals surface area contributed by atoms with E-state index in [2.05, 4.69) is 10.4 Å². The predicted molar refractivity (Wildman–Crippen MR) is 65.1 cm³/mol. The Kier molecular flexibility index (Phi) is 3.54. The lowest BCUT2D eigenvalue weighted by atomic mass is 10.0. The van der Waals surface area contributed by atoms with E-state index in [-0.39, 0.29) is 11.9 Å². The summed E-state index contributed by atoms with van der Waals surface area (Å²) in [5.41, 5.74) is 2.11. The van der Waals surface area contributed by atoms with Gasteiger partial charge in [0, 0.05) is 13.2 Å². The van der Waals surface area contributed by atoms with Gasteiger partial charge in [0.25, 0.3) is 0 Å². The average molecular weight is 233 g/mol. The lowest BCUT2D eigenvalue weighted by molar-refractivity contribution is 0.570. The fraction of sp³-hybridized carbons (Fsp3) is 0.308. The first kappa shape index (κ1) is 11.8. The molecular weight excluding hydrogens is 217 g/mol. The number of aryl methyl sites for hydroxylation is 1. The van der Waals surface area contributed by atoms with Gasteiger partial charge in [0.15, 0.2) is 0 Å². The smallest absolute Gasteiger partial charge is 0.123 e. The van der Waals surface area contributed by atoms with Crippen LogP contribution in [0.3, 0.4) is 0 Å². The quantitative estimate of drug-likeness (QED) is 0.877. The Labute approximate surface area is 100 Å². The highest BCUT2D eigenvalue weighted by atomic mass is 19.1. The summed E-state index contributed by atoms with van der Waals surface area (Å²) in [5, 5.41) is 7.54. The Morgan fingerprint density at radius 2 is 2.00 bits per heavy atom. The molecule has 2 aromatic rings. The van der Waals surface area contributed by atoms with Gasteiger partial charge in [0.1, 0.15) is 5.82 Å². The summed E-state index contributed by atoms with van der Waals surface area (Å²) < 4.78 is 14.7. The molecule has 3 nitrogen and oxygen atoms in total. The molecule has 0 saturated carbocycles. The van der Waals surface area contributed by atoms with E-state index in [4.69, 9.17) is 0 Å². The summed E-state index contributed by atoms with van der Waals surface area (Å²) in [7, 11) is 1.91. The number of nitrogens with one attached hydrogen (secondary N) is 1. The van der Waals surface area contributed by atoms with Crippen LogP contribution in [0.2, 0.25) is 0 Å². The Hall–Kier alpha value is -1.68. The van der Waals surface area contributed by atoms with Crippen molar-refractivity contribution in [1.82, 2.24) is 15.1 Å². The van der Waals surface area contributed by atoms with Crippen LogP contribution < -0.4 is 5.32 Å². The van der Waals surface area contributed by atoms with Gasteiger partial charge < -0.3 is 5.32 Å². The van der Waals surface area contributed by atoms with Gasteiger partial charge in [-0.2, -0.15) is 5.10 Å². The maximum absolute atomic E-state index is 12.9. The molecule has 1 unspecified atom stereocenters. The highest BCUT2D eigenvalue weighted by Gasteiger charge is 2.15. The number of benzene rings is 1. The van der Waals surface area contributed by atoms with Crippen LogP contribution in [0.4, 0.5) is 4.39 Å². The van der Waals surface area contributed by atoms with Crippen molar-refractivity contribution in [2.45, 2.75) is 13.0 Å². The van der Waals surface area contributed by atoms with Gasteiger partial charge in [-0.05, 0) is 30.3 Å². The molecule has 0 radical (unpaired) electrons. The van der Waals surface area contributed by atoms with Crippen LogP contribution in [0.5, 0.6) is 0 Å². The molecule has 0 amide bonds. The first-order chi connectivity index (χ1) is 8.22. The molecular formula is C13H16FN3. The summed E-state index contributed by atoms with van der Waals surface area (Å²) in [6, 6.07) is 8.58. The van der Waals surface area contributed by atoms with Gasteiger partial charge in [0.05, 0.1) is 11.7 Å². The number of hydrogen-bond acceptors (Lipinski definition) is 2. The molecule has 1 aromatic heterocycles. The van der Waals surface area contributed by atoms with Gasteiger partial charge in [-0.25, -0.2) is 4.39 Å². The summed E-state index contributed by atoms with van der Waals surface area (Å²) in [6.07, 6.45) is 1.77. The van der Waals surface area contributed by atoms with Crippen molar-refractivity contribution in [2.75, 3.05) is 6.54 Å². The second-order valence-electron chi connectivity index (χ2n) is 3.92. The second-order valence-corrected chi connectivity index (χ2v) is 3.92. The molecule has 0 bridgehead atoms. The van der Waals surface area contributed by atoms with Gasteiger partial charge >= 0.3 is 0 Å². The molecule has 0 aliphatic carbocycles. The number of halogens is 1. The molecule has 4 heteroatoms. The monoisotopic (exact) mass is 233 g/mol. The second kappa shape index (κ2) is 5.10. The highest BCUT2D eigenvalue weighted by molar-refractivity contribution is 5.27. The zero-order valence-corrected chi connectivity index (χ0v) is 10.0. The lowest BCUT2D eigenvalue weighted by Gasteiger charge is -2.18.